The molecule has 11 amide bonds. The molecule has 38 heteroatoms. The van der Waals surface area contributed by atoms with Crippen molar-refractivity contribution >= 4 is 106 Å². The number of nitrogens with zero attached hydrogens (tertiary/aromatic N) is 5. The zero-order chi connectivity index (χ0) is 64.8. The number of halogens is 1. The summed E-state index contributed by atoms with van der Waals surface area (Å²) in [7, 11) is 0. The Kier molecular flexibility index (Phi) is 32.5. The van der Waals surface area contributed by atoms with Crippen LogP contribution in [0.25, 0.3) is 0 Å². The van der Waals surface area contributed by atoms with E-state index in [4.69, 9.17) is 57.5 Å². The molecule has 0 radical (unpaired) electrons. The average Bonchev–Trinajstić information content (AvgIpc) is 3.37. The van der Waals surface area contributed by atoms with E-state index in [1.165, 1.54) is 6.92 Å². The van der Waals surface area contributed by atoms with Gasteiger partial charge in [-0.1, -0.05) is 39.3 Å². The number of guanidine groups is 3. The van der Waals surface area contributed by atoms with Gasteiger partial charge >= 0.3 is 5.91 Å². The monoisotopic (exact) mass is 1230 g/mol. The number of nitrogens with two attached hydrogens (primary N) is 8. The summed E-state index contributed by atoms with van der Waals surface area (Å²) in [5.41, 5.74) is 42.7. The summed E-state index contributed by atoms with van der Waals surface area (Å²) in [5.74, 6) is -13.3. The molecule has 0 spiro atoms. The largest absolute Gasteiger partial charge is 0.394 e. The molecule has 29 N–H and O–H groups in total. The zero-order valence-electron chi connectivity index (χ0n) is 47.9. The molecule has 9 atom stereocenters. The number of aliphatic hydroxyl groups is 3. The number of carbonyl (C=O) groups is 11. The second-order valence-corrected chi connectivity index (χ2v) is 20.2. The fourth-order valence-electron chi connectivity index (χ4n) is 7.31. The van der Waals surface area contributed by atoms with Crippen molar-refractivity contribution in [2.45, 2.75) is 135 Å². The van der Waals surface area contributed by atoms with E-state index in [-0.39, 0.29) is 81.2 Å². The van der Waals surface area contributed by atoms with Gasteiger partial charge in [-0.05, 0) is 64.2 Å². The first-order valence-electron chi connectivity index (χ1n) is 26.4. The van der Waals surface area contributed by atoms with Gasteiger partial charge in [0.15, 0.2) is 40.4 Å². The predicted octanol–water partition coefficient (Wildman–Crippen LogP) is -9.40. The normalized spacial score (nSPS) is 14.1. The average molecular weight is 1230 g/mol. The third-order valence-electron chi connectivity index (χ3n) is 11.5. The summed E-state index contributed by atoms with van der Waals surface area (Å²) < 4.78 is 0. The molecule has 0 aromatic carbocycles. The molecule has 85 heavy (non-hydrogen) atoms. The summed E-state index contributed by atoms with van der Waals surface area (Å²) in [5, 5.41) is 54.8. The highest BCUT2D eigenvalue weighted by molar-refractivity contribution is 6.32. The number of nitrogens with one attached hydrogen (secondary N) is 10. The van der Waals surface area contributed by atoms with Crippen LogP contribution in [0.2, 0.25) is 5.15 Å². The van der Waals surface area contributed by atoms with Gasteiger partial charge in [0.05, 0.1) is 32.4 Å². The molecule has 0 aliphatic heterocycles. The molecule has 0 aliphatic rings. The number of aliphatic imine (C=N–C) groups is 3. The maximum absolute atomic E-state index is 14.1. The smallest absolute Gasteiger partial charge is 0.302 e. The first-order chi connectivity index (χ1) is 39.7. The van der Waals surface area contributed by atoms with E-state index in [2.05, 4.69) is 78.1 Å². The lowest BCUT2D eigenvalue weighted by Gasteiger charge is -2.28. The lowest BCUT2D eigenvalue weighted by atomic mass is 10.0. The van der Waals surface area contributed by atoms with Gasteiger partial charge in [-0.25, -0.2) is 9.97 Å². The van der Waals surface area contributed by atoms with Crippen LogP contribution < -0.4 is 99.0 Å². The van der Waals surface area contributed by atoms with Crippen molar-refractivity contribution in [2.24, 2.45) is 66.9 Å². The Morgan fingerprint density at radius 1 is 0.529 bits per heavy atom. The van der Waals surface area contributed by atoms with E-state index in [1.54, 1.807) is 27.7 Å². The quantitative estimate of drug-likeness (QED) is 0.0167. The van der Waals surface area contributed by atoms with Gasteiger partial charge in [0.25, 0.3) is 0 Å². The van der Waals surface area contributed by atoms with Crippen LogP contribution in [0.1, 0.15) is 90.6 Å². The molecular weight excluding hydrogens is 1150 g/mol. The number of nitrogen functional groups attached to an aromatic ring is 1. The van der Waals surface area contributed by atoms with Gasteiger partial charge in [-0.2, -0.15) is 4.99 Å². The molecule has 0 saturated carbocycles. The van der Waals surface area contributed by atoms with Crippen molar-refractivity contribution in [3.05, 3.63) is 10.8 Å². The number of aliphatic hydroxyl groups excluding tert-OH is 3. The molecule has 1 aromatic rings. The highest BCUT2D eigenvalue weighted by Gasteiger charge is 2.36. The molecule has 0 aliphatic carbocycles. The van der Waals surface area contributed by atoms with Gasteiger partial charge in [0.1, 0.15) is 48.3 Å². The van der Waals surface area contributed by atoms with Crippen LogP contribution in [0, 0.1) is 11.8 Å². The van der Waals surface area contributed by atoms with Crippen molar-refractivity contribution in [3.63, 3.8) is 0 Å². The topological polar surface area (TPSA) is 640 Å². The number of amides is 11. The number of anilines is 2. The Hall–Kier alpha value is -8.97. The minimum absolute atomic E-state index is 0.0201. The lowest BCUT2D eigenvalue weighted by Crippen LogP contribution is -2.62. The maximum atomic E-state index is 14.1. The van der Waals surface area contributed by atoms with Gasteiger partial charge in [0.2, 0.25) is 59.1 Å². The summed E-state index contributed by atoms with van der Waals surface area (Å²) in [4.78, 5) is 164. The van der Waals surface area contributed by atoms with E-state index in [9.17, 15) is 68.1 Å². The van der Waals surface area contributed by atoms with E-state index < -0.39 is 168 Å². The predicted molar refractivity (Wildman–Crippen MR) is 308 cm³/mol. The van der Waals surface area contributed by atoms with Gasteiger partial charge in [-0.15, -0.1) is 0 Å². The fourth-order valence-corrected chi connectivity index (χ4v) is 7.49. The Morgan fingerprint density at radius 2 is 0.965 bits per heavy atom. The van der Waals surface area contributed by atoms with Crippen LogP contribution >= 0.6 is 11.6 Å². The number of aromatic nitrogens is 2. The van der Waals surface area contributed by atoms with Crippen molar-refractivity contribution in [1.82, 2.24) is 57.8 Å². The molecule has 1 rings (SSSR count). The van der Waals surface area contributed by atoms with Crippen molar-refractivity contribution in [3.8, 4) is 0 Å². The van der Waals surface area contributed by atoms with E-state index in [1.807, 2.05) is 0 Å². The molecule has 1 aromatic heterocycles. The number of rotatable bonds is 37. The summed E-state index contributed by atoms with van der Waals surface area (Å²) in [6.45, 7) is 5.95. The summed E-state index contributed by atoms with van der Waals surface area (Å²) >= 11 is 6.29. The highest BCUT2D eigenvalue weighted by atomic mass is 35.5. The Bertz CT molecular complexity index is 2590. The van der Waals surface area contributed by atoms with Crippen LogP contribution in [-0.4, -0.2) is 202 Å². The zero-order valence-corrected chi connectivity index (χ0v) is 48.7. The first-order valence-corrected chi connectivity index (χ1v) is 26.8. The first kappa shape index (κ1) is 74.0. The second kappa shape index (κ2) is 37.3. The van der Waals surface area contributed by atoms with E-state index >= 15 is 0 Å². The number of hydrogen-bond acceptors (Lipinski definition) is 20. The van der Waals surface area contributed by atoms with E-state index in [0.29, 0.717) is 0 Å². The standard InChI is InChI=1S/C47H82ClN23O14/c1-19(2)13-25(65-42(83)28(18-73)66-37(78)23(9-7-11-57-45(51)52)62-35-33(48)68-32(34(50)70-35)44(85)71-47(55)56)39(80)67-27(17-72)41(82)63-24(10-8-12-58-46(53)54)38(79)64-26(14-20(3)4)40(81)69-31(22(6)74)43(84)61-21(5)36(77)60-16-30(76)59-15-29(49)75/h19-28,31,72-74H,7-18H2,1-6H3,(H2,49,75)(H,59,76)(H,60,77)(H,61,84)(H,63,82)(H,64,79)(H,65,83)(H,66,78)(H,67,80)(H,69,81)(H3,50,62,70)(H4,51,52,57)(H4,53,54,58)(H4,55,56,71,85)/t21-,22+,23-,24-,25-,26-,27-,28-,31-/m0/s1. The lowest BCUT2D eigenvalue weighted by molar-refractivity contribution is -0.137. The molecule has 476 valence electrons. The number of primary amides is 1. The van der Waals surface area contributed by atoms with Crippen LogP contribution in [0.4, 0.5) is 11.6 Å². The Labute approximate surface area is 493 Å². The van der Waals surface area contributed by atoms with Crippen molar-refractivity contribution in [1.29, 1.82) is 0 Å². The molecule has 0 unspecified atom stereocenters. The summed E-state index contributed by atoms with van der Waals surface area (Å²) in [6, 6.07) is -12.4. The number of hydrogen-bond donors (Lipinski definition) is 21. The van der Waals surface area contributed by atoms with Crippen LogP contribution in [0.5, 0.6) is 0 Å². The maximum Gasteiger partial charge on any atom is 0.302 e. The molecular formula is C47H82ClN23O14. The van der Waals surface area contributed by atoms with Crippen LogP contribution in [0.3, 0.4) is 0 Å². The summed E-state index contributed by atoms with van der Waals surface area (Å²) in [6.07, 6.45) is -1.90. The van der Waals surface area contributed by atoms with Gasteiger partial charge in [0, 0.05) is 13.1 Å². The second-order valence-electron chi connectivity index (χ2n) is 19.9. The Morgan fingerprint density at radius 3 is 1.41 bits per heavy atom. The highest BCUT2D eigenvalue weighted by Crippen LogP contribution is 2.23. The third-order valence-corrected chi connectivity index (χ3v) is 11.7. The van der Waals surface area contributed by atoms with Crippen molar-refractivity contribution in [2.75, 3.05) is 50.4 Å². The SMILES string of the molecule is CC(C)C[C@H](NC(=O)[C@H](CO)NC(=O)[C@H](CCCN=C(N)N)Nc1nc(N)c(C(=O)N=C(N)N)nc1Cl)C(=O)N[C@@H](CO)C(=O)N[C@@H](CCCN=C(N)N)C(=O)N[C@@H](CC(C)C)C(=O)N[C@H](C(=O)N[C@@H](C)C(=O)NCC(=O)NCC(N)=O)[C@@H](C)O. The molecule has 0 bridgehead atoms. The van der Waals surface area contributed by atoms with Gasteiger partial charge in [-0.3, -0.25) is 62.7 Å². The third kappa shape index (κ3) is 28.2. The van der Waals surface area contributed by atoms with Crippen molar-refractivity contribution < 1.29 is 68.1 Å². The molecule has 1 heterocycles. The van der Waals surface area contributed by atoms with Crippen LogP contribution in [-0.2, 0) is 47.9 Å². The van der Waals surface area contributed by atoms with E-state index in [0.717, 1.165) is 6.92 Å². The number of carbonyl (C=O) groups excluding carboxylic acids is 11. The Balaban J connectivity index is 3.42. The molecule has 37 nitrogen and oxygen atoms in total. The van der Waals surface area contributed by atoms with Crippen LogP contribution in [0.15, 0.2) is 15.0 Å². The molecule has 0 fully saturated rings. The minimum Gasteiger partial charge on any atom is -0.394 e. The molecule has 0 saturated heterocycles. The van der Waals surface area contributed by atoms with Gasteiger partial charge < -0.3 is 114 Å². The minimum atomic E-state index is -1.81. The fraction of sp³-hybridized carbons (Fsp3) is 0.617.